The van der Waals surface area contributed by atoms with Crippen LogP contribution in [0.4, 0.5) is 4.39 Å². The van der Waals surface area contributed by atoms with Gasteiger partial charge >= 0.3 is 0 Å². The van der Waals surface area contributed by atoms with Crippen LogP contribution in [0.25, 0.3) is 0 Å². The van der Waals surface area contributed by atoms with E-state index in [0.29, 0.717) is 22.0 Å². The molecule has 0 aliphatic carbocycles. The predicted octanol–water partition coefficient (Wildman–Crippen LogP) is 3.88. The normalized spacial score (nSPS) is 12.4. The minimum absolute atomic E-state index is 0.230. The Morgan fingerprint density at radius 1 is 1.11 bits per heavy atom. The molecule has 3 N–H and O–H groups in total. The van der Waals surface area contributed by atoms with Crippen LogP contribution in [0.3, 0.4) is 0 Å². The number of nitrogens with two attached hydrogens (primary N) is 1. The van der Waals surface area contributed by atoms with Gasteiger partial charge in [-0.15, -0.1) is 0 Å². The molecular weight excluding hydrogens is 286 g/mol. The van der Waals surface area contributed by atoms with Crippen molar-refractivity contribution in [3.63, 3.8) is 0 Å². The number of hydrogen-bond donors (Lipinski definition) is 2. The fourth-order valence-electron chi connectivity index (χ4n) is 1.92. The van der Waals surface area contributed by atoms with Crippen molar-refractivity contribution < 1.29 is 4.39 Å². The molecule has 1 unspecified atom stereocenters. The highest BCUT2D eigenvalue weighted by Crippen LogP contribution is 2.24. The summed E-state index contributed by atoms with van der Waals surface area (Å²) >= 11 is 11.8. The minimum atomic E-state index is -0.299. The van der Waals surface area contributed by atoms with Crippen LogP contribution in [0.2, 0.25) is 10.0 Å². The zero-order valence-corrected chi connectivity index (χ0v) is 11.5. The number of rotatable bonds is 4. The Morgan fingerprint density at radius 3 is 2.53 bits per heavy atom. The fraction of sp³-hybridized carbons (Fsp3) is 0.143. The minimum Gasteiger partial charge on any atom is -0.271 e. The largest absolute Gasteiger partial charge is 0.271 e. The van der Waals surface area contributed by atoms with Gasteiger partial charge in [-0.1, -0.05) is 35.3 Å². The number of benzene rings is 2. The lowest BCUT2D eigenvalue weighted by Gasteiger charge is -2.17. The molecule has 0 radical (unpaired) electrons. The lowest BCUT2D eigenvalue weighted by atomic mass is 9.99. The molecule has 0 aliphatic rings. The third-order valence-electron chi connectivity index (χ3n) is 2.88. The maximum atomic E-state index is 13.7. The van der Waals surface area contributed by atoms with E-state index in [1.165, 1.54) is 12.1 Å². The first kappa shape index (κ1) is 14.3. The molecule has 0 saturated carbocycles. The first-order valence-electron chi connectivity index (χ1n) is 5.75. The Bertz CT molecular complexity index is 575. The third-order valence-corrected chi connectivity index (χ3v) is 3.35. The lowest BCUT2D eigenvalue weighted by Crippen LogP contribution is -2.29. The highest BCUT2D eigenvalue weighted by Gasteiger charge is 2.14. The Balaban J connectivity index is 2.26. The van der Waals surface area contributed by atoms with E-state index >= 15 is 0 Å². The average molecular weight is 299 g/mol. The van der Waals surface area contributed by atoms with Gasteiger partial charge in [-0.2, -0.15) is 0 Å². The van der Waals surface area contributed by atoms with Gasteiger partial charge in [0.2, 0.25) is 0 Å². The molecule has 0 bridgehead atoms. The van der Waals surface area contributed by atoms with Gasteiger partial charge in [-0.25, -0.2) is 4.39 Å². The van der Waals surface area contributed by atoms with Gasteiger partial charge < -0.3 is 0 Å². The molecule has 100 valence electrons. The van der Waals surface area contributed by atoms with Crippen molar-refractivity contribution in [3.05, 3.63) is 69.5 Å². The molecule has 5 heteroatoms. The summed E-state index contributed by atoms with van der Waals surface area (Å²) in [6.07, 6.45) is 0.392. The van der Waals surface area contributed by atoms with Crippen molar-refractivity contribution in [3.8, 4) is 0 Å². The fourth-order valence-corrected chi connectivity index (χ4v) is 2.31. The van der Waals surface area contributed by atoms with Crippen molar-refractivity contribution in [2.45, 2.75) is 12.5 Å². The van der Waals surface area contributed by atoms with Crippen molar-refractivity contribution in [2.24, 2.45) is 5.84 Å². The maximum Gasteiger partial charge on any atom is 0.126 e. The molecule has 19 heavy (non-hydrogen) atoms. The van der Waals surface area contributed by atoms with E-state index in [-0.39, 0.29) is 11.9 Å². The molecule has 2 aromatic carbocycles. The van der Waals surface area contributed by atoms with Crippen molar-refractivity contribution >= 4 is 23.2 Å². The second-order valence-electron chi connectivity index (χ2n) is 4.21. The third kappa shape index (κ3) is 3.67. The smallest absolute Gasteiger partial charge is 0.126 e. The van der Waals surface area contributed by atoms with E-state index in [0.717, 1.165) is 5.56 Å². The summed E-state index contributed by atoms with van der Waals surface area (Å²) in [6.45, 7) is 0. The van der Waals surface area contributed by atoms with Gasteiger partial charge in [0, 0.05) is 10.0 Å². The summed E-state index contributed by atoms with van der Waals surface area (Å²) in [5, 5.41) is 1.11. The molecule has 2 rings (SSSR count). The first-order chi connectivity index (χ1) is 9.10. The number of halogens is 3. The van der Waals surface area contributed by atoms with E-state index in [1.54, 1.807) is 18.2 Å². The Kier molecular flexibility index (Phi) is 4.77. The lowest BCUT2D eigenvalue weighted by molar-refractivity contribution is 0.529. The highest BCUT2D eigenvalue weighted by atomic mass is 35.5. The Morgan fingerprint density at radius 2 is 1.84 bits per heavy atom. The summed E-state index contributed by atoms with van der Waals surface area (Å²) in [5.41, 5.74) is 4.08. The average Bonchev–Trinajstić information content (AvgIpc) is 2.39. The number of hydrogen-bond acceptors (Lipinski definition) is 2. The van der Waals surface area contributed by atoms with Crippen molar-refractivity contribution in [2.75, 3.05) is 0 Å². The SMILES string of the molecule is NNC(Cc1cc(Cl)ccc1F)c1cccc(Cl)c1. The summed E-state index contributed by atoms with van der Waals surface area (Å²) in [4.78, 5) is 0. The molecular formula is C14H13Cl2FN2. The predicted molar refractivity (Wildman–Crippen MR) is 76.6 cm³/mol. The molecule has 1 atom stereocenters. The van der Waals surface area contributed by atoms with E-state index in [9.17, 15) is 4.39 Å². The molecule has 0 amide bonds. The topological polar surface area (TPSA) is 38.0 Å². The van der Waals surface area contributed by atoms with Gasteiger partial charge in [0.05, 0.1) is 6.04 Å². The monoisotopic (exact) mass is 298 g/mol. The molecule has 0 aromatic heterocycles. The zero-order chi connectivity index (χ0) is 13.8. The molecule has 0 aliphatic heterocycles. The van der Waals surface area contributed by atoms with Gasteiger partial charge in [0.25, 0.3) is 0 Å². The van der Waals surface area contributed by atoms with Gasteiger partial charge in [-0.05, 0) is 47.9 Å². The standard InChI is InChI=1S/C14H13Cl2FN2/c15-11-3-1-2-9(6-11)14(19-18)8-10-7-12(16)4-5-13(10)17/h1-7,14,19H,8,18H2. The van der Waals surface area contributed by atoms with Crippen LogP contribution in [0, 0.1) is 5.82 Å². The molecule has 2 nitrogen and oxygen atoms in total. The summed E-state index contributed by atoms with van der Waals surface area (Å²) in [5.74, 6) is 5.24. The van der Waals surface area contributed by atoms with E-state index in [2.05, 4.69) is 5.43 Å². The van der Waals surface area contributed by atoms with Crippen LogP contribution in [0.5, 0.6) is 0 Å². The van der Waals surface area contributed by atoms with E-state index in [1.807, 2.05) is 12.1 Å². The summed E-state index contributed by atoms with van der Waals surface area (Å²) in [6, 6.07) is 11.5. The molecule has 0 fully saturated rings. The second kappa shape index (κ2) is 6.35. The molecule has 0 spiro atoms. The second-order valence-corrected chi connectivity index (χ2v) is 5.09. The quantitative estimate of drug-likeness (QED) is 0.664. The molecule has 0 heterocycles. The zero-order valence-electron chi connectivity index (χ0n) is 10.0. The number of hydrazine groups is 1. The van der Waals surface area contributed by atoms with Crippen LogP contribution in [0.1, 0.15) is 17.2 Å². The first-order valence-corrected chi connectivity index (χ1v) is 6.51. The molecule has 2 aromatic rings. The van der Waals surface area contributed by atoms with E-state index < -0.39 is 0 Å². The highest BCUT2D eigenvalue weighted by molar-refractivity contribution is 6.30. The number of nitrogens with one attached hydrogen (secondary N) is 1. The van der Waals surface area contributed by atoms with Crippen LogP contribution in [-0.4, -0.2) is 0 Å². The van der Waals surface area contributed by atoms with E-state index in [4.69, 9.17) is 29.0 Å². The maximum absolute atomic E-state index is 13.7. The summed E-state index contributed by atoms with van der Waals surface area (Å²) < 4.78 is 13.7. The van der Waals surface area contributed by atoms with Crippen LogP contribution in [0.15, 0.2) is 42.5 Å². The van der Waals surface area contributed by atoms with Gasteiger partial charge in [0.1, 0.15) is 5.82 Å². The van der Waals surface area contributed by atoms with Crippen LogP contribution in [-0.2, 0) is 6.42 Å². The van der Waals surface area contributed by atoms with Crippen LogP contribution >= 0.6 is 23.2 Å². The van der Waals surface area contributed by atoms with Crippen molar-refractivity contribution in [1.29, 1.82) is 0 Å². The van der Waals surface area contributed by atoms with Crippen molar-refractivity contribution in [1.82, 2.24) is 5.43 Å². The van der Waals surface area contributed by atoms with Crippen LogP contribution < -0.4 is 11.3 Å². The van der Waals surface area contributed by atoms with Gasteiger partial charge in [0.15, 0.2) is 0 Å². The summed E-state index contributed by atoms with van der Waals surface area (Å²) in [7, 11) is 0. The Hall–Kier alpha value is -1.13. The Labute approximate surface area is 121 Å². The molecule has 0 saturated heterocycles. The van der Waals surface area contributed by atoms with Gasteiger partial charge in [-0.3, -0.25) is 11.3 Å².